The van der Waals surface area contributed by atoms with E-state index in [1.54, 1.807) is 0 Å². The zero-order valence-corrected chi connectivity index (χ0v) is 4.18. The molecule has 0 unspecified atom stereocenters. The first-order chi connectivity index (χ1) is 3.27. The Hall–Kier alpha value is -0.345. The Bertz CT molecular complexity index is 63.2. The molecule has 0 fully saturated rings. The first-order valence-corrected chi connectivity index (χ1v) is 1.95. The number of hydrogen-bond acceptors (Lipinski definition) is 3. The summed E-state index contributed by atoms with van der Waals surface area (Å²) in [6, 6.07) is 0. The molecule has 0 heterocycles. The molecule has 3 nitrogen and oxygen atoms in total. The summed E-state index contributed by atoms with van der Waals surface area (Å²) in [5, 5.41) is 7.94. The van der Waals surface area contributed by atoms with Crippen LogP contribution >= 0.6 is 0 Å². The number of carbonyl (C=O) groups is 1. The van der Waals surface area contributed by atoms with Crippen LogP contribution in [0.15, 0.2) is 0 Å². The summed E-state index contributed by atoms with van der Waals surface area (Å²) in [5.41, 5.74) is 0. The minimum atomic E-state index is -0.375. The molecule has 0 aliphatic heterocycles. The fourth-order valence-corrected chi connectivity index (χ4v) is 0.189. The molecule has 0 atom stereocenters. The molecular weight excluding hydrogens is 94.8 g/mol. The lowest BCUT2D eigenvalue weighted by atomic mass is 10.4. The van der Waals surface area contributed by atoms with Crippen LogP contribution in [0.3, 0.4) is 0 Å². The molecule has 0 saturated carbocycles. The number of ketones is 1. The Morgan fingerprint density at radius 3 is 2.71 bits per heavy atom. The topological polar surface area (TPSA) is 46.5 Å². The van der Waals surface area contributed by atoms with Gasteiger partial charge in [0.25, 0.3) is 0 Å². The van der Waals surface area contributed by atoms with Gasteiger partial charge in [-0.2, -0.15) is 0 Å². The standard InChI is InChI=1S/C3H7BO3/c1-3(5)2-7-4-6/h4,6H,2H2,1H3. The third-order valence-electron chi connectivity index (χ3n) is 0.397. The Morgan fingerprint density at radius 1 is 2.00 bits per heavy atom. The quantitative estimate of drug-likeness (QED) is 0.457. The van der Waals surface area contributed by atoms with Gasteiger partial charge in [-0.05, 0) is 6.92 Å². The summed E-state index contributed by atoms with van der Waals surface area (Å²) in [6.07, 6.45) is 0. The van der Waals surface area contributed by atoms with Crippen molar-refractivity contribution < 1.29 is 14.5 Å². The lowest BCUT2D eigenvalue weighted by Gasteiger charge is -1.89. The summed E-state index contributed by atoms with van der Waals surface area (Å²) in [5.74, 6) is -0.0750. The Labute approximate surface area is 42.6 Å². The van der Waals surface area contributed by atoms with Gasteiger partial charge in [-0.3, -0.25) is 4.79 Å². The average Bonchev–Trinajstić information content (AvgIpc) is 1.61. The number of rotatable bonds is 3. The van der Waals surface area contributed by atoms with Crippen molar-refractivity contribution in [2.45, 2.75) is 6.92 Å². The molecule has 7 heavy (non-hydrogen) atoms. The minimum Gasteiger partial charge on any atom is -0.430 e. The molecule has 40 valence electrons. The predicted octanol–water partition coefficient (Wildman–Crippen LogP) is -1.15. The average molecular weight is 102 g/mol. The van der Waals surface area contributed by atoms with Crippen molar-refractivity contribution in [2.24, 2.45) is 0 Å². The Balaban J connectivity index is 2.82. The molecule has 0 aliphatic rings. The minimum absolute atomic E-state index is 0.0104. The summed E-state index contributed by atoms with van der Waals surface area (Å²) >= 11 is 0. The molecule has 0 spiro atoms. The van der Waals surface area contributed by atoms with E-state index in [2.05, 4.69) is 4.65 Å². The van der Waals surface area contributed by atoms with Crippen molar-refractivity contribution in [1.82, 2.24) is 0 Å². The predicted molar refractivity (Wildman–Crippen MR) is 26.0 cm³/mol. The van der Waals surface area contributed by atoms with E-state index in [1.807, 2.05) is 0 Å². The first kappa shape index (κ1) is 6.65. The maximum Gasteiger partial charge on any atom is 0.435 e. The van der Waals surface area contributed by atoms with Crippen molar-refractivity contribution in [3.05, 3.63) is 0 Å². The number of hydrogen-bond donors (Lipinski definition) is 1. The van der Waals surface area contributed by atoms with E-state index in [0.717, 1.165) is 0 Å². The Morgan fingerprint density at radius 2 is 2.57 bits per heavy atom. The lowest BCUT2D eigenvalue weighted by molar-refractivity contribution is -0.119. The van der Waals surface area contributed by atoms with E-state index >= 15 is 0 Å². The van der Waals surface area contributed by atoms with Crippen LogP contribution in [0.4, 0.5) is 0 Å². The van der Waals surface area contributed by atoms with Gasteiger partial charge in [0.1, 0.15) is 0 Å². The van der Waals surface area contributed by atoms with E-state index < -0.39 is 0 Å². The smallest absolute Gasteiger partial charge is 0.430 e. The van der Waals surface area contributed by atoms with Crippen LogP contribution in [0.5, 0.6) is 0 Å². The van der Waals surface area contributed by atoms with Crippen LogP contribution < -0.4 is 0 Å². The van der Waals surface area contributed by atoms with E-state index in [1.165, 1.54) is 6.92 Å². The summed E-state index contributed by atoms with van der Waals surface area (Å²) in [4.78, 5) is 9.97. The third-order valence-corrected chi connectivity index (χ3v) is 0.397. The van der Waals surface area contributed by atoms with Crippen LogP contribution in [-0.4, -0.2) is 25.1 Å². The fraction of sp³-hybridized carbons (Fsp3) is 0.667. The van der Waals surface area contributed by atoms with Gasteiger partial charge >= 0.3 is 7.69 Å². The molecule has 0 rings (SSSR count). The lowest BCUT2D eigenvalue weighted by Crippen LogP contribution is -2.06. The number of carbonyl (C=O) groups excluding carboxylic acids is 1. The zero-order chi connectivity index (χ0) is 5.70. The molecule has 4 heteroatoms. The SMILES string of the molecule is CC(=O)COBO. The highest BCUT2D eigenvalue weighted by Crippen LogP contribution is 1.68. The largest absolute Gasteiger partial charge is 0.435 e. The summed E-state index contributed by atoms with van der Waals surface area (Å²) in [7, 11) is -0.375. The van der Waals surface area contributed by atoms with Crippen molar-refractivity contribution in [2.75, 3.05) is 6.61 Å². The van der Waals surface area contributed by atoms with E-state index in [-0.39, 0.29) is 20.1 Å². The van der Waals surface area contributed by atoms with E-state index in [9.17, 15) is 4.79 Å². The summed E-state index contributed by atoms with van der Waals surface area (Å²) in [6.45, 7) is 1.41. The van der Waals surface area contributed by atoms with Crippen molar-refractivity contribution in [3.63, 3.8) is 0 Å². The maximum absolute atomic E-state index is 9.97. The normalized spacial score (nSPS) is 8.29. The van der Waals surface area contributed by atoms with Crippen LogP contribution in [-0.2, 0) is 9.45 Å². The second-order valence-corrected chi connectivity index (χ2v) is 1.18. The van der Waals surface area contributed by atoms with Crippen LogP contribution in [0.25, 0.3) is 0 Å². The van der Waals surface area contributed by atoms with Crippen LogP contribution in [0.1, 0.15) is 6.92 Å². The van der Waals surface area contributed by atoms with Crippen molar-refractivity contribution >= 4 is 13.5 Å². The third kappa shape index (κ3) is 5.65. The van der Waals surface area contributed by atoms with Crippen molar-refractivity contribution in [3.8, 4) is 0 Å². The van der Waals surface area contributed by atoms with Gasteiger partial charge in [0, 0.05) is 0 Å². The van der Waals surface area contributed by atoms with E-state index in [4.69, 9.17) is 5.02 Å². The highest BCUT2D eigenvalue weighted by molar-refractivity contribution is 6.16. The Kier molecular flexibility index (Phi) is 3.64. The molecule has 0 aromatic carbocycles. The molecule has 0 radical (unpaired) electrons. The highest BCUT2D eigenvalue weighted by atomic mass is 16.5. The van der Waals surface area contributed by atoms with Gasteiger partial charge in [0.15, 0.2) is 5.78 Å². The molecule has 0 aromatic heterocycles. The molecule has 0 aliphatic carbocycles. The van der Waals surface area contributed by atoms with Gasteiger partial charge < -0.3 is 9.68 Å². The first-order valence-electron chi connectivity index (χ1n) is 1.95. The monoisotopic (exact) mass is 102 g/mol. The highest BCUT2D eigenvalue weighted by Gasteiger charge is 1.89. The zero-order valence-electron chi connectivity index (χ0n) is 4.18. The molecule has 1 N–H and O–H groups in total. The molecule has 0 bridgehead atoms. The molecule has 0 aromatic rings. The van der Waals surface area contributed by atoms with Gasteiger partial charge in [-0.1, -0.05) is 0 Å². The van der Waals surface area contributed by atoms with Gasteiger partial charge in [0.05, 0.1) is 6.61 Å². The summed E-state index contributed by atoms with van der Waals surface area (Å²) < 4.78 is 4.30. The van der Waals surface area contributed by atoms with Gasteiger partial charge in [-0.25, -0.2) is 0 Å². The molecule has 0 saturated heterocycles. The second-order valence-electron chi connectivity index (χ2n) is 1.18. The van der Waals surface area contributed by atoms with Crippen LogP contribution in [0, 0.1) is 0 Å². The van der Waals surface area contributed by atoms with Crippen molar-refractivity contribution in [1.29, 1.82) is 0 Å². The molecular formula is C3H7BO3. The van der Waals surface area contributed by atoms with E-state index in [0.29, 0.717) is 0 Å². The molecule has 0 amide bonds. The fourth-order valence-electron chi connectivity index (χ4n) is 0.189. The second kappa shape index (κ2) is 3.83. The van der Waals surface area contributed by atoms with Gasteiger partial charge in [-0.15, -0.1) is 0 Å². The van der Waals surface area contributed by atoms with Crippen LogP contribution in [0.2, 0.25) is 0 Å². The maximum atomic E-state index is 9.97. The number of Topliss-reactive ketones (excluding diaryl/α,β-unsaturated/α-hetero) is 1. The van der Waals surface area contributed by atoms with Gasteiger partial charge in [0.2, 0.25) is 0 Å².